The number of rotatable bonds is 9. The van der Waals surface area contributed by atoms with Crippen molar-refractivity contribution in [2.45, 2.75) is 44.2 Å². The van der Waals surface area contributed by atoms with Crippen molar-refractivity contribution in [2.75, 3.05) is 12.4 Å². The van der Waals surface area contributed by atoms with Gasteiger partial charge in [0.05, 0.1) is 5.25 Å². The highest BCUT2D eigenvalue weighted by Crippen LogP contribution is 2.22. The zero-order valence-electron chi connectivity index (χ0n) is 17.5. The van der Waals surface area contributed by atoms with E-state index in [-0.39, 0.29) is 17.8 Å². The Bertz CT molecular complexity index is 970. The molecule has 1 atom stereocenters. The van der Waals surface area contributed by atoms with Gasteiger partial charge in [-0.15, -0.1) is 10.2 Å². The van der Waals surface area contributed by atoms with Crippen molar-refractivity contribution in [3.63, 3.8) is 0 Å². The number of amides is 1. The largest absolute Gasteiger partial charge is 0.486 e. The third-order valence-corrected chi connectivity index (χ3v) is 5.56. The van der Waals surface area contributed by atoms with Crippen LogP contribution in [0.4, 0.5) is 0 Å². The van der Waals surface area contributed by atoms with Gasteiger partial charge in [0.2, 0.25) is 11.1 Å². The van der Waals surface area contributed by atoms with Crippen molar-refractivity contribution >= 4 is 17.7 Å². The zero-order valence-corrected chi connectivity index (χ0v) is 18.3. The molecule has 1 heterocycles. The number of aryl methyl sites for hydroxylation is 2. The number of nitrogens with one attached hydrogen (secondary N) is 1. The summed E-state index contributed by atoms with van der Waals surface area (Å²) in [5, 5.41) is 11.3. The molecule has 1 aromatic heterocycles. The summed E-state index contributed by atoms with van der Waals surface area (Å²) in [4.78, 5) is 12.4. The quantitative estimate of drug-likeness (QED) is 0.404. The van der Waals surface area contributed by atoms with Gasteiger partial charge in [-0.2, -0.15) is 0 Å². The van der Waals surface area contributed by atoms with Crippen LogP contribution >= 0.6 is 11.8 Å². The average molecular weight is 426 g/mol. The van der Waals surface area contributed by atoms with Gasteiger partial charge in [-0.05, 0) is 56.0 Å². The molecule has 30 heavy (non-hydrogen) atoms. The van der Waals surface area contributed by atoms with Crippen LogP contribution in [0, 0.1) is 13.8 Å². The summed E-state index contributed by atoms with van der Waals surface area (Å²) in [5.74, 6) is 7.30. The molecule has 0 spiro atoms. The summed E-state index contributed by atoms with van der Waals surface area (Å²) in [7, 11) is 0. The van der Waals surface area contributed by atoms with Gasteiger partial charge in [-0.3, -0.25) is 4.79 Å². The number of nitrogens with zero attached hydrogens (tertiary/aromatic N) is 3. The van der Waals surface area contributed by atoms with E-state index in [2.05, 4.69) is 21.6 Å². The van der Waals surface area contributed by atoms with E-state index in [0.717, 1.165) is 23.3 Å². The van der Waals surface area contributed by atoms with Crippen molar-refractivity contribution < 1.29 is 9.53 Å². The number of carbonyl (C=O) groups is 1. The van der Waals surface area contributed by atoms with Gasteiger partial charge >= 0.3 is 0 Å². The molecule has 8 heteroatoms. The van der Waals surface area contributed by atoms with Crippen LogP contribution in [0.25, 0.3) is 0 Å². The normalized spacial score (nSPS) is 11.8. The first-order valence-electron chi connectivity index (χ1n) is 9.81. The second-order valence-corrected chi connectivity index (χ2v) is 8.48. The molecule has 0 aliphatic rings. The molecule has 0 bridgehead atoms. The standard InChI is InChI=1S/C22H27N5O2S/c1-15-11-16(2)13-19(12-15)29-14-20-25-26-22(27(20)23)30-17(3)21(28)24-10-9-18-7-5-4-6-8-18/h4-8,11-13,17H,9-10,14,23H2,1-3H3,(H,24,28). The molecule has 1 unspecified atom stereocenters. The fourth-order valence-corrected chi connectivity index (χ4v) is 3.79. The lowest BCUT2D eigenvalue weighted by atomic mass is 10.1. The summed E-state index contributed by atoms with van der Waals surface area (Å²) in [6.45, 7) is 6.64. The first-order valence-corrected chi connectivity index (χ1v) is 10.7. The molecule has 0 fully saturated rings. The van der Waals surface area contributed by atoms with Crippen LogP contribution in [-0.4, -0.2) is 32.6 Å². The molecule has 0 aliphatic carbocycles. The minimum absolute atomic E-state index is 0.0630. The van der Waals surface area contributed by atoms with Gasteiger partial charge in [-0.1, -0.05) is 48.2 Å². The lowest BCUT2D eigenvalue weighted by Gasteiger charge is -2.12. The number of hydrogen-bond donors (Lipinski definition) is 2. The van der Waals surface area contributed by atoms with E-state index >= 15 is 0 Å². The molecule has 0 aliphatic heterocycles. The molecule has 158 valence electrons. The topological polar surface area (TPSA) is 95.1 Å². The molecule has 3 N–H and O–H groups in total. The molecule has 2 aromatic carbocycles. The molecule has 3 aromatic rings. The van der Waals surface area contributed by atoms with E-state index in [9.17, 15) is 4.79 Å². The van der Waals surface area contributed by atoms with Crippen LogP contribution in [0.5, 0.6) is 5.75 Å². The number of aromatic nitrogens is 3. The van der Waals surface area contributed by atoms with Crippen LogP contribution in [0.15, 0.2) is 53.7 Å². The summed E-state index contributed by atoms with van der Waals surface area (Å²) < 4.78 is 7.18. The predicted octanol–water partition coefficient (Wildman–Crippen LogP) is 3.03. The van der Waals surface area contributed by atoms with E-state index in [1.165, 1.54) is 22.0 Å². The van der Waals surface area contributed by atoms with Crippen molar-refractivity contribution in [1.29, 1.82) is 0 Å². The van der Waals surface area contributed by atoms with E-state index in [1.807, 2.05) is 63.2 Å². The van der Waals surface area contributed by atoms with Crippen molar-refractivity contribution in [1.82, 2.24) is 20.2 Å². The Balaban J connectivity index is 1.50. The van der Waals surface area contributed by atoms with Gasteiger partial charge in [0.15, 0.2) is 5.82 Å². The average Bonchev–Trinajstić information content (AvgIpc) is 3.06. The monoisotopic (exact) mass is 425 g/mol. The predicted molar refractivity (Wildman–Crippen MR) is 119 cm³/mol. The van der Waals surface area contributed by atoms with Crippen LogP contribution in [0.3, 0.4) is 0 Å². The minimum Gasteiger partial charge on any atom is -0.486 e. The number of ether oxygens (including phenoxy) is 1. The van der Waals surface area contributed by atoms with E-state index in [4.69, 9.17) is 10.6 Å². The van der Waals surface area contributed by atoms with E-state index in [0.29, 0.717) is 17.5 Å². The number of nitrogen functional groups attached to an aromatic ring is 1. The summed E-state index contributed by atoms with van der Waals surface area (Å²) >= 11 is 1.27. The zero-order chi connectivity index (χ0) is 21.5. The van der Waals surface area contributed by atoms with Gasteiger partial charge < -0.3 is 15.9 Å². The molecular formula is C22H27N5O2S. The lowest BCUT2D eigenvalue weighted by Crippen LogP contribution is -2.32. The minimum atomic E-state index is -0.347. The summed E-state index contributed by atoms with van der Waals surface area (Å²) in [5.41, 5.74) is 3.44. The highest BCUT2D eigenvalue weighted by molar-refractivity contribution is 8.00. The fraction of sp³-hybridized carbons (Fsp3) is 0.318. The fourth-order valence-electron chi connectivity index (χ4n) is 2.98. The Labute approximate surface area is 181 Å². The number of benzene rings is 2. The first kappa shape index (κ1) is 21.7. The smallest absolute Gasteiger partial charge is 0.233 e. The van der Waals surface area contributed by atoms with E-state index < -0.39 is 0 Å². The second kappa shape index (κ2) is 10.2. The van der Waals surface area contributed by atoms with Crippen molar-refractivity contribution in [3.05, 3.63) is 71.0 Å². The molecular weight excluding hydrogens is 398 g/mol. The summed E-state index contributed by atoms with van der Waals surface area (Å²) in [6, 6.07) is 16.1. The van der Waals surface area contributed by atoms with Crippen LogP contribution in [0.2, 0.25) is 0 Å². The third kappa shape index (κ3) is 6.00. The molecule has 0 saturated carbocycles. The molecule has 0 radical (unpaired) electrons. The van der Waals surface area contributed by atoms with E-state index in [1.54, 1.807) is 0 Å². The van der Waals surface area contributed by atoms with Crippen LogP contribution in [0.1, 0.15) is 29.4 Å². The maximum Gasteiger partial charge on any atom is 0.233 e. The lowest BCUT2D eigenvalue weighted by molar-refractivity contribution is -0.120. The van der Waals surface area contributed by atoms with Gasteiger partial charge in [-0.25, -0.2) is 4.68 Å². The number of hydrogen-bond acceptors (Lipinski definition) is 6. The van der Waals surface area contributed by atoms with Crippen LogP contribution < -0.4 is 15.9 Å². The second-order valence-electron chi connectivity index (χ2n) is 7.17. The Hall–Kier alpha value is -3.00. The number of carbonyl (C=O) groups excluding carboxylic acids is 1. The van der Waals surface area contributed by atoms with Crippen molar-refractivity contribution in [2.24, 2.45) is 0 Å². The maximum absolute atomic E-state index is 12.4. The molecule has 7 nitrogen and oxygen atoms in total. The highest BCUT2D eigenvalue weighted by atomic mass is 32.2. The Kier molecular flexibility index (Phi) is 7.35. The SMILES string of the molecule is Cc1cc(C)cc(OCc2nnc(SC(C)C(=O)NCCc3ccccc3)n2N)c1. The Morgan fingerprint density at radius 2 is 1.87 bits per heavy atom. The maximum atomic E-state index is 12.4. The highest BCUT2D eigenvalue weighted by Gasteiger charge is 2.19. The van der Waals surface area contributed by atoms with Gasteiger partial charge in [0, 0.05) is 6.54 Å². The number of thioether (sulfide) groups is 1. The van der Waals surface area contributed by atoms with Crippen LogP contribution in [-0.2, 0) is 17.8 Å². The Morgan fingerprint density at radius 3 is 2.57 bits per heavy atom. The first-order chi connectivity index (χ1) is 14.4. The molecule has 3 rings (SSSR count). The molecule has 0 saturated heterocycles. The van der Waals surface area contributed by atoms with Gasteiger partial charge in [0.25, 0.3) is 0 Å². The third-order valence-electron chi connectivity index (χ3n) is 4.51. The molecule has 1 amide bonds. The van der Waals surface area contributed by atoms with Gasteiger partial charge in [0.1, 0.15) is 12.4 Å². The number of nitrogens with two attached hydrogens (primary N) is 1. The Morgan fingerprint density at radius 1 is 1.17 bits per heavy atom. The summed E-state index contributed by atoms with van der Waals surface area (Å²) in [6.07, 6.45) is 0.789. The van der Waals surface area contributed by atoms with Crippen molar-refractivity contribution in [3.8, 4) is 5.75 Å².